The molecule has 18 heavy (non-hydrogen) atoms. The minimum absolute atomic E-state index is 0.316. The zero-order valence-electron chi connectivity index (χ0n) is 11.3. The first-order valence-corrected chi connectivity index (χ1v) is 7.32. The van der Waals surface area contributed by atoms with Crippen LogP contribution in [0.1, 0.15) is 38.3 Å². The fourth-order valence-electron chi connectivity index (χ4n) is 2.40. The second kappa shape index (κ2) is 6.55. The maximum Gasteiger partial charge on any atom is 0.0453 e. The first-order chi connectivity index (χ1) is 8.72. The summed E-state index contributed by atoms with van der Waals surface area (Å²) in [6.07, 6.45) is 2.77. The molecule has 1 N–H and O–H groups in total. The Balaban J connectivity index is 1.77. The van der Waals surface area contributed by atoms with Crippen LogP contribution in [0.25, 0.3) is 0 Å². The number of hydrogen-bond donors (Lipinski definition) is 1. The Morgan fingerprint density at radius 1 is 1.39 bits per heavy atom. The SMILES string of the molecule is CCN(CCNC(C)c1ccccc1Cl)C1CC1. The zero-order chi connectivity index (χ0) is 13.0. The topological polar surface area (TPSA) is 15.3 Å². The molecule has 0 saturated heterocycles. The lowest BCUT2D eigenvalue weighted by Gasteiger charge is -2.22. The number of halogens is 1. The van der Waals surface area contributed by atoms with Crippen molar-refractivity contribution >= 4 is 11.6 Å². The molecule has 2 nitrogen and oxygen atoms in total. The van der Waals surface area contributed by atoms with E-state index < -0.39 is 0 Å². The summed E-state index contributed by atoms with van der Waals surface area (Å²) in [5.74, 6) is 0. The number of nitrogens with one attached hydrogen (secondary N) is 1. The molecule has 0 aliphatic heterocycles. The van der Waals surface area contributed by atoms with Gasteiger partial charge in [-0.2, -0.15) is 0 Å². The van der Waals surface area contributed by atoms with Crippen molar-refractivity contribution in [3.63, 3.8) is 0 Å². The van der Waals surface area contributed by atoms with Gasteiger partial charge in [-0.05, 0) is 37.9 Å². The molecule has 2 rings (SSSR count). The van der Waals surface area contributed by atoms with Crippen molar-refractivity contribution in [1.29, 1.82) is 0 Å². The van der Waals surface area contributed by atoms with Crippen LogP contribution in [-0.2, 0) is 0 Å². The molecule has 0 aromatic heterocycles. The van der Waals surface area contributed by atoms with E-state index in [1.54, 1.807) is 0 Å². The van der Waals surface area contributed by atoms with Gasteiger partial charge >= 0.3 is 0 Å². The minimum Gasteiger partial charge on any atom is -0.309 e. The zero-order valence-corrected chi connectivity index (χ0v) is 12.1. The van der Waals surface area contributed by atoms with Gasteiger partial charge in [0.1, 0.15) is 0 Å². The van der Waals surface area contributed by atoms with Gasteiger partial charge in [-0.1, -0.05) is 36.7 Å². The van der Waals surface area contributed by atoms with Crippen molar-refractivity contribution in [2.45, 2.75) is 38.8 Å². The van der Waals surface area contributed by atoms with Crippen molar-refractivity contribution in [3.8, 4) is 0 Å². The highest BCUT2D eigenvalue weighted by molar-refractivity contribution is 6.31. The Kier molecular flexibility index (Phi) is 5.04. The second-order valence-electron chi connectivity index (χ2n) is 5.06. The second-order valence-corrected chi connectivity index (χ2v) is 5.46. The van der Waals surface area contributed by atoms with Gasteiger partial charge in [0.25, 0.3) is 0 Å². The van der Waals surface area contributed by atoms with Gasteiger partial charge in [-0.25, -0.2) is 0 Å². The van der Waals surface area contributed by atoms with Crippen LogP contribution < -0.4 is 5.32 Å². The summed E-state index contributed by atoms with van der Waals surface area (Å²) in [4.78, 5) is 2.56. The molecule has 0 bridgehead atoms. The summed E-state index contributed by atoms with van der Waals surface area (Å²) in [6, 6.07) is 9.24. The van der Waals surface area contributed by atoms with Crippen molar-refractivity contribution in [2.75, 3.05) is 19.6 Å². The van der Waals surface area contributed by atoms with Gasteiger partial charge < -0.3 is 5.32 Å². The van der Waals surface area contributed by atoms with Crippen LogP contribution in [0.2, 0.25) is 5.02 Å². The molecule has 0 radical (unpaired) electrons. The summed E-state index contributed by atoms with van der Waals surface area (Å²) in [6.45, 7) is 7.74. The number of hydrogen-bond acceptors (Lipinski definition) is 2. The van der Waals surface area contributed by atoms with Crippen LogP contribution >= 0.6 is 11.6 Å². The standard InChI is InChI=1S/C15H23ClN2/c1-3-18(13-8-9-13)11-10-17-12(2)14-6-4-5-7-15(14)16/h4-7,12-13,17H,3,8-11H2,1-2H3. The van der Waals surface area contributed by atoms with Crippen molar-refractivity contribution < 1.29 is 0 Å². The molecule has 1 aliphatic carbocycles. The molecule has 1 fully saturated rings. The number of nitrogens with zero attached hydrogens (tertiary/aromatic N) is 1. The summed E-state index contributed by atoms with van der Waals surface area (Å²) < 4.78 is 0. The average molecular weight is 267 g/mol. The van der Waals surface area contributed by atoms with Gasteiger partial charge in [0.05, 0.1) is 0 Å². The third kappa shape index (κ3) is 3.71. The van der Waals surface area contributed by atoms with E-state index in [0.29, 0.717) is 6.04 Å². The third-order valence-corrected chi connectivity index (χ3v) is 4.03. The van der Waals surface area contributed by atoms with E-state index in [1.165, 1.54) is 18.4 Å². The molecule has 0 heterocycles. The fourth-order valence-corrected chi connectivity index (χ4v) is 2.70. The van der Waals surface area contributed by atoms with E-state index in [9.17, 15) is 0 Å². The molecular formula is C15H23ClN2. The molecule has 1 atom stereocenters. The van der Waals surface area contributed by atoms with Crippen LogP contribution in [-0.4, -0.2) is 30.6 Å². The lowest BCUT2D eigenvalue weighted by atomic mass is 10.1. The minimum atomic E-state index is 0.316. The third-order valence-electron chi connectivity index (χ3n) is 3.69. The van der Waals surface area contributed by atoms with Gasteiger partial charge in [0.15, 0.2) is 0 Å². The van der Waals surface area contributed by atoms with E-state index in [0.717, 1.165) is 30.7 Å². The Morgan fingerprint density at radius 2 is 2.11 bits per heavy atom. The molecule has 100 valence electrons. The van der Waals surface area contributed by atoms with E-state index in [2.05, 4.69) is 30.1 Å². The molecule has 3 heteroatoms. The molecule has 0 amide bonds. The molecular weight excluding hydrogens is 244 g/mol. The van der Waals surface area contributed by atoms with Crippen LogP contribution in [0.3, 0.4) is 0 Å². The van der Waals surface area contributed by atoms with Crippen LogP contribution in [0, 0.1) is 0 Å². The molecule has 1 aromatic rings. The molecule has 0 spiro atoms. The largest absolute Gasteiger partial charge is 0.309 e. The van der Waals surface area contributed by atoms with E-state index in [4.69, 9.17) is 11.6 Å². The van der Waals surface area contributed by atoms with E-state index in [-0.39, 0.29) is 0 Å². The van der Waals surface area contributed by atoms with Crippen LogP contribution in [0.5, 0.6) is 0 Å². The van der Waals surface area contributed by atoms with Crippen molar-refractivity contribution in [1.82, 2.24) is 10.2 Å². The summed E-state index contributed by atoms with van der Waals surface area (Å²) in [5.41, 5.74) is 1.19. The summed E-state index contributed by atoms with van der Waals surface area (Å²) in [7, 11) is 0. The molecule has 1 unspecified atom stereocenters. The monoisotopic (exact) mass is 266 g/mol. The maximum atomic E-state index is 6.20. The van der Waals surface area contributed by atoms with Crippen LogP contribution in [0.4, 0.5) is 0 Å². The number of rotatable bonds is 7. The highest BCUT2D eigenvalue weighted by Crippen LogP contribution is 2.26. The Hall–Kier alpha value is -0.570. The highest BCUT2D eigenvalue weighted by atomic mass is 35.5. The predicted octanol–water partition coefficient (Wildman–Crippen LogP) is 3.47. The van der Waals surface area contributed by atoms with E-state index >= 15 is 0 Å². The quantitative estimate of drug-likeness (QED) is 0.813. The summed E-state index contributed by atoms with van der Waals surface area (Å²) >= 11 is 6.20. The van der Waals surface area contributed by atoms with Gasteiger partial charge in [-0.15, -0.1) is 0 Å². The lowest BCUT2D eigenvalue weighted by Crippen LogP contribution is -2.34. The fraction of sp³-hybridized carbons (Fsp3) is 0.600. The van der Waals surface area contributed by atoms with Gasteiger partial charge in [0.2, 0.25) is 0 Å². The molecule has 1 saturated carbocycles. The smallest absolute Gasteiger partial charge is 0.0453 e. The Bertz CT molecular complexity index is 377. The maximum absolute atomic E-state index is 6.20. The lowest BCUT2D eigenvalue weighted by molar-refractivity contribution is 0.273. The van der Waals surface area contributed by atoms with Crippen LogP contribution in [0.15, 0.2) is 24.3 Å². The van der Waals surface area contributed by atoms with E-state index in [1.807, 2.05) is 18.2 Å². The van der Waals surface area contributed by atoms with Gasteiger partial charge in [-0.3, -0.25) is 4.90 Å². The molecule has 1 aromatic carbocycles. The first kappa shape index (κ1) is 13.9. The Morgan fingerprint density at radius 3 is 2.72 bits per heavy atom. The first-order valence-electron chi connectivity index (χ1n) is 6.94. The van der Waals surface area contributed by atoms with Crippen molar-refractivity contribution in [2.24, 2.45) is 0 Å². The van der Waals surface area contributed by atoms with Gasteiger partial charge in [0, 0.05) is 30.2 Å². The summed E-state index contributed by atoms with van der Waals surface area (Å²) in [5, 5.41) is 4.41. The average Bonchev–Trinajstić information content (AvgIpc) is 3.19. The van der Waals surface area contributed by atoms with Crippen molar-refractivity contribution in [3.05, 3.63) is 34.9 Å². The number of likely N-dealkylation sites (N-methyl/N-ethyl adjacent to an activating group) is 1. The normalized spacial score (nSPS) is 17.1. The molecule has 1 aliphatic rings. The number of benzene rings is 1. The highest BCUT2D eigenvalue weighted by Gasteiger charge is 2.27. The predicted molar refractivity (Wildman–Crippen MR) is 78.1 cm³/mol. The Labute approximate surface area is 115 Å².